The Balaban J connectivity index is 0.000000347. The molecular weight excluding hydrogens is 422 g/mol. The van der Waals surface area contributed by atoms with Crippen LogP contribution < -0.4 is 4.90 Å². The molecule has 0 saturated carbocycles. The fourth-order valence-electron chi connectivity index (χ4n) is 3.28. The molecule has 1 saturated heterocycles. The van der Waals surface area contributed by atoms with Crippen LogP contribution in [-0.4, -0.2) is 93.1 Å². The van der Waals surface area contributed by atoms with Crippen LogP contribution in [0, 0.1) is 0 Å². The van der Waals surface area contributed by atoms with E-state index in [1.165, 1.54) is 0 Å². The molecule has 1 aromatic rings. The van der Waals surface area contributed by atoms with Gasteiger partial charge in [-0.1, -0.05) is 25.1 Å². The molecule has 1 heterocycles. The van der Waals surface area contributed by atoms with Gasteiger partial charge in [0.2, 0.25) is 5.91 Å². The van der Waals surface area contributed by atoms with Crippen LogP contribution in [-0.2, 0) is 19.2 Å². The number of nitrogens with zero attached hydrogens (tertiary/aromatic N) is 3. The molecule has 11 heteroatoms. The molecule has 1 aliphatic rings. The number of amides is 1. The number of aliphatic carboxylic acids is 3. The summed E-state index contributed by atoms with van der Waals surface area (Å²) in [4.78, 5) is 44.8. The number of carbonyl (C=O) groups is 4. The van der Waals surface area contributed by atoms with Crippen molar-refractivity contribution < 1.29 is 39.6 Å². The lowest BCUT2D eigenvalue weighted by molar-refractivity contribution is -0.170. The summed E-state index contributed by atoms with van der Waals surface area (Å²) in [6.07, 6.45) is -0.726. The van der Waals surface area contributed by atoms with Gasteiger partial charge >= 0.3 is 17.9 Å². The predicted molar refractivity (Wildman–Crippen MR) is 115 cm³/mol. The third kappa shape index (κ3) is 7.91. The number of hydrogen-bond acceptors (Lipinski definition) is 7. The highest BCUT2D eigenvalue weighted by molar-refractivity contribution is 5.93. The highest BCUT2D eigenvalue weighted by Crippen LogP contribution is 2.23. The molecule has 1 atom stereocenters. The molecule has 11 nitrogen and oxygen atoms in total. The highest BCUT2D eigenvalue weighted by Gasteiger charge is 2.40. The normalized spacial score (nSPS) is 17.1. The van der Waals surface area contributed by atoms with E-state index in [4.69, 9.17) is 20.4 Å². The van der Waals surface area contributed by atoms with Crippen LogP contribution in [0.15, 0.2) is 30.3 Å². The van der Waals surface area contributed by atoms with Crippen LogP contribution in [0.1, 0.15) is 32.6 Å². The highest BCUT2D eigenvalue weighted by atomic mass is 16.4. The van der Waals surface area contributed by atoms with Gasteiger partial charge in [-0.15, -0.1) is 0 Å². The zero-order valence-corrected chi connectivity index (χ0v) is 18.5. The number of aliphatic hydroxyl groups is 1. The zero-order valence-electron chi connectivity index (χ0n) is 18.5. The van der Waals surface area contributed by atoms with Crippen molar-refractivity contribution in [3.05, 3.63) is 30.3 Å². The number of benzene rings is 1. The standard InChI is InChI=1S/C15H23N3O.C6H8O7/c1-4-15(19)18(13-8-6-5-7-9-13)14-10-11-16(2)17(3)12-14;7-3(8)1-6(13,5(11)12)2-4(9)10/h5-9,14H,4,10-12H2,1-3H3;13H,1-2H2,(H,7,8)(H,9,10)(H,11,12). The molecule has 0 aliphatic carbocycles. The number of rotatable bonds is 8. The molecule has 1 amide bonds. The summed E-state index contributed by atoms with van der Waals surface area (Å²) >= 11 is 0. The number of carbonyl (C=O) groups excluding carboxylic acids is 1. The third-order valence-corrected chi connectivity index (χ3v) is 5.10. The number of carboxylic acids is 3. The predicted octanol–water partition coefficient (Wildman–Crippen LogP) is 0.732. The minimum atomic E-state index is -2.74. The first-order valence-corrected chi connectivity index (χ1v) is 10.1. The maximum atomic E-state index is 12.3. The lowest BCUT2D eigenvalue weighted by Crippen LogP contribution is -2.55. The van der Waals surface area contributed by atoms with Crippen LogP contribution in [0.25, 0.3) is 0 Å². The monoisotopic (exact) mass is 453 g/mol. The van der Waals surface area contributed by atoms with Crippen LogP contribution in [0.3, 0.4) is 0 Å². The first kappa shape index (κ1) is 27.0. The maximum absolute atomic E-state index is 12.3. The molecule has 0 radical (unpaired) electrons. The first-order valence-electron chi connectivity index (χ1n) is 10.1. The molecule has 2 rings (SSSR count). The topological polar surface area (TPSA) is 159 Å². The van der Waals surface area contributed by atoms with E-state index in [0.29, 0.717) is 6.42 Å². The Morgan fingerprint density at radius 2 is 1.53 bits per heavy atom. The lowest BCUT2D eigenvalue weighted by Gasteiger charge is -2.42. The number of anilines is 1. The minimum absolute atomic E-state index is 0.203. The van der Waals surface area contributed by atoms with Crippen molar-refractivity contribution in [1.82, 2.24) is 10.0 Å². The van der Waals surface area contributed by atoms with E-state index in [-0.39, 0.29) is 11.9 Å². The molecule has 178 valence electrons. The summed E-state index contributed by atoms with van der Waals surface area (Å²) in [7, 11) is 4.16. The van der Waals surface area contributed by atoms with E-state index in [1.54, 1.807) is 0 Å². The number of para-hydroxylation sites is 1. The molecule has 4 N–H and O–H groups in total. The smallest absolute Gasteiger partial charge is 0.336 e. The number of hydrogen-bond donors (Lipinski definition) is 4. The van der Waals surface area contributed by atoms with Gasteiger partial charge in [0, 0.05) is 39.3 Å². The van der Waals surface area contributed by atoms with Gasteiger partial charge in [0.05, 0.1) is 18.9 Å². The molecule has 0 spiro atoms. The van der Waals surface area contributed by atoms with Gasteiger partial charge in [0.1, 0.15) is 0 Å². The summed E-state index contributed by atoms with van der Waals surface area (Å²) in [5.74, 6) is -4.82. The zero-order chi connectivity index (χ0) is 24.5. The Hall–Kier alpha value is -3.02. The fraction of sp³-hybridized carbons (Fsp3) is 0.524. The quantitative estimate of drug-likeness (QED) is 0.442. The van der Waals surface area contributed by atoms with Crippen molar-refractivity contribution in [2.75, 3.05) is 32.1 Å². The summed E-state index contributed by atoms with van der Waals surface area (Å²) in [6.45, 7) is 3.80. The second kappa shape index (κ2) is 12.1. The Morgan fingerprint density at radius 1 is 1.00 bits per heavy atom. The fourth-order valence-corrected chi connectivity index (χ4v) is 3.28. The SMILES string of the molecule is CCC(=O)N(c1ccccc1)C1CCN(C)N(C)C1.O=C(O)CC(O)(CC(=O)O)C(=O)O. The largest absolute Gasteiger partial charge is 0.481 e. The molecule has 0 aromatic heterocycles. The average molecular weight is 453 g/mol. The molecule has 1 unspecified atom stereocenters. The molecule has 1 fully saturated rings. The van der Waals surface area contributed by atoms with Gasteiger partial charge in [0.15, 0.2) is 5.60 Å². The third-order valence-electron chi connectivity index (χ3n) is 5.10. The summed E-state index contributed by atoms with van der Waals surface area (Å²) in [6, 6.07) is 10.3. The van der Waals surface area contributed by atoms with Crippen LogP contribution in [0.2, 0.25) is 0 Å². The van der Waals surface area contributed by atoms with Gasteiger partial charge in [-0.05, 0) is 18.6 Å². The van der Waals surface area contributed by atoms with E-state index >= 15 is 0 Å². The summed E-state index contributed by atoms with van der Waals surface area (Å²) in [5.41, 5.74) is -1.73. The Bertz CT molecular complexity index is 785. The molecule has 1 aliphatic heterocycles. The lowest BCUT2D eigenvalue weighted by atomic mass is 9.96. The van der Waals surface area contributed by atoms with E-state index in [1.807, 2.05) is 42.2 Å². The maximum Gasteiger partial charge on any atom is 0.336 e. The van der Waals surface area contributed by atoms with Crippen molar-refractivity contribution in [3.8, 4) is 0 Å². The van der Waals surface area contributed by atoms with Crippen LogP contribution in [0.4, 0.5) is 5.69 Å². The Kier molecular flexibility index (Phi) is 10.2. The molecular formula is C21H31N3O8. The number of likely N-dealkylation sites (N-methyl/N-ethyl adjacent to an activating group) is 1. The summed E-state index contributed by atoms with van der Waals surface area (Å²) in [5, 5.41) is 38.2. The van der Waals surface area contributed by atoms with Gasteiger partial charge in [0.25, 0.3) is 0 Å². The number of carboxylic acid groups (broad SMARTS) is 3. The molecule has 0 bridgehead atoms. The second-order valence-corrected chi connectivity index (χ2v) is 7.59. The molecule has 32 heavy (non-hydrogen) atoms. The van der Waals surface area contributed by atoms with Crippen molar-refractivity contribution >= 4 is 29.5 Å². The van der Waals surface area contributed by atoms with E-state index in [2.05, 4.69) is 24.1 Å². The first-order chi connectivity index (χ1) is 14.9. The van der Waals surface area contributed by atoms with Crippen LogP contribution in [0.5, 0.6) is 0 Å². The van der Waals surface area contributed by atoms with Crippen LogP contribution >= 0.6 is 0 Å². The van der Waals surface area contributed by atoms with Crippen molar-refractivity contribution in [2.24, 2.45) is 0 Å². The van der Waals surface area contributed by atoms with Gasteiger partial charge in [-0.25, -0.2) is 14.8 Å². The van der Waals surface area contributed by atoms with Crippen molar-refractivity contribution in [3.63, 3.8) is 0 Å². The van der Waals surface area contributed by atoms with Gasteiger partial charge < -0.3 is 25.3 Å². The van der Waals surface area contributed by atoms with Crippen molar-refractivity contribution in [1.29, 1.82) is 0 Å². The van der Waals surface area contributed by atoms with E-state index < -0.39 is 36.4 Å². The van der Waals surface area contributed by atoms with E-state index in [0.717, 1.165) is 25.2 Å². The minimum Gasteiger partial charge on any atom is -0.481 e. The molecule has 1 aromatic carbocycles. The van der Waals surface area contributed by atoms with Crippen molar-refractivity contribution in [2.45, 2.75) is 44.2 Å². The second-order valence-electron chi connectivity index (χ2n) is 7.59. The summed E-state index contributed by atoms with van der Waals surface area (Å²) < 4.78 is 0. The van der Waals surface area contributed by atoms with Gasteiger partial charge in [-0.3, -0.25) is 14.4 Å². The Labute approximate surface area is 186 Å². The van der Waals surface area contributed by atoms with E-state index in [9.17, 15) is 19.2 Å². The Morgan fingerprint density at radius 3 is 1.94 bits per heavy atom. The average Bonchev–Trinajstić information content (AvgIpc) is 2.70. The number of hydrazine groups is 1. The van der Waals surface area contributed by atoms with Gasteiger partial charge in [-0.2, -0.15) is 0 Å².